The maximum Gasteiger partial charge on any atom is 0.254 e. The lowest BCUT2D eigenvalue weighted by Crippen LogP contribution is -2.30. The normalized spacial score (nSPS) is 10.1. The first-order chi connectivity index (χ1) is 9.70. The zero-order valence-electron chi connectivity index (χ0n) is 11.1. The number of hydrogen-bond donors (Lipinski definition) is 0. The molecule has 0 N–H and O–H groups in total. The molecule has 0 spiro atoms. The molecule has 0 fully saturated rings. The van der Waals surface area contributed by atoms with Gasteiger partial charge in [-0.25, -0.2) is 0 Å². The number of rotatable bonds is 5. The van der Waals surface area contributed by atoms with Gasteiger partial charge in [0.2, 0.25) is 0 Å². The molecular weight excluding hydrogens is 361 g/mol. The second kappa shape index (κ2) is 7.24. The average Bonchev–Trinajstić information content (AvgIpc) is 2.48. The summed E-state index contributed by atoms with van der Waals surface area (Å²) < 4.78 is 1.12. The molecule has 0 aliphatic heterocycles. The standard InChI is InChI=1S/C17H16INO/c1-2-12-19(13-14-6-4-3-5-7-14)17(20)15-8-10-16(18)11-9-15/h2-11H,1,12-13H2. The van der Waals surface area contributed by atoms with E-state index in [0.717, 1.165) is 9.13 Å². The molecule has 2 nitrogen and oxygen atoms in total. The lowest BCUT2D eigenvalue weighted by molar-refractivity contribution is 0.0762. The fraction of sp³-hybridized carbons (Fsp3) is 0.118. The Labute approximate surface area is 133 Å². The summed E-state index contributed by atoms with van der Waals surface area (Å²) in [6.07, 6.45) is 1.76. The van der Waals surface area contributed by atoms with Crippen LogP contribution in [0.2, 0.25) is 0 Å². The zero-order chi connectivity index (χ0) is 14.4. The summed E-state index contributed by atoms with van der Waals surface area (Å²) in [4.78, 5) is 14.3. The van der Waals surface area contributed by atoms with Gasteiger partial charge in [0.1, 0.15) is 0 Å². The molecule has 3 heteroatoms. The van der Waals surface area contributed by atoms with Crippen LogP contribution in [0, 0.1) is 3.57 Å². The van der Waals surface area contributed by atoms with Crippen LogP contribution in [0.25, 0.3) is 0 Å². The van der Waals surface area contributed by atoms with Gasteiger partial charge < -0.3 is 4.90 Å². The van der Waals surface area contributed by atoms with Crippen LogP contribution in [-0.4, -0.2) is 17.4 Å². The van der Waals surface area contributed by atoms with E-state index in [1.54, 1.807) is 11.0 Å². The van der Waals surface area contributed by atoms with E-state index in [2.05, 4.69) is 29.2 Å². The fourth-order valence-corrected chi connectivity index (χ4v) is 2.31. The highest BCUT2D eigenvalue weighted by Crippen LogP contribution is 2.12. The van der Waals surface area contributed by atoms with Gasteiger partial charge in [-0.05, 0) is 52.4 Å². The molecule has 0 bridgehead atoms. The Bertz CT molecular complexity index is 578. The van der Waals surface area contributed by atoms with Crippen molar-refractivity contribution in [3.8, 4) is 0 Å². The van der Waals surface area contributed by atoms with Gasteiger partial charge in [-0.1, -0.05) is 36.4 Å². The van der Waals surface area contributed by atoms with Crippen molar-refractivity contribution in [3.63, 3.8) is 0 Å². The van der Waals surface area contributed by atoms with E-state index in [1.165, 1.54) is 0 Å². The number of carbonyl (C=O) groups is 1. The predicted octanol–water partition coefficient (Wildman–Crippen LogP) is 4.12. The molecule has 0 radical (unpaired) electrons. The second-order valence-corrected chi connectivity index (χ2v) is 5.71. The molecule has 20 heavy (non-hydrogen) atoms. The summed E-state index contributed by atoms with van der Waals surface area (Å²) in [7, 11) is 0. The number of nitrogens with zero attached hydrogens (tertiary/aromatic N) is 1. The Morgan fingerprint density at radius 3 is 2.35 bits per heavy atom. The molecule has 0 saturated heterocycles. The molecule has 0 unspecified atom stereocenters. The number of benzene rings is 2. The largest absolute Gasteiger partial charge is 0.331 e. The number of amides is 1. The van der Waals surface area contributed by atoms with Crippen molar-refractivity contribution < 1.29 is 4.79 Å². The minimum atomic E-state index is 0.0325. The van der Waals surface area contributed by atoms with Crippen LogP contribution >= 0.6 is 22.6 Å². The van der Waals surface area contributed by atoms with Crippen LogP contribution in [0.3, 0.4) is 0 Å². The van der Waals surface area contributed by atoms with Crippen LogP contribution in [0.5, 0.6) is 0 Å². The Morgan fingerprint density at radius 2 is 1.75 bits per heavy atom. The van der Waals surface area contributed by atoms with E-state index in [4.69, 9.17) is 0 Å². The van der Waals surface area contributed by atoms with Gasteiger partial charge in [-0.2, -0.15) is 0 Å². The van der Waals surface area contributed by atoms with Crippen molar-refractivity contribution in [2.75, 3.05) is 6.54 Å². The van der Waals surface area contributed by atoms with Crippen molar-refractivity contribution in [1.82, 2.24) is 4.90 Å². The lowest BCUT2D eigenvalue weighted by Gasteiger charge is -2.21. The monoisotopic (exact) mass is 377 g/mol. The third kappa shape index (κ3) is 3.93. The van der Waals surface area contributed by atoms with Gasteiger partial charge in [0.05, 0.1) is 0 Å². The van der Waals surface area contributed by atoms with E-state index in [0.29, 0.717) is 18.7 Å². The quantitative estimate of drug-likeness (QED) is 0.567. The minimum absolute atomic E-state index is 0.0325. The molecule has 102 valence electrons. The van der Waals surface area contributed by atoms with Gasteiger partial charge >= 0.3 is 0 Å². The first-order valence-corrected chi connectivity index (χ1v) is 7.48. The summed E-state index contributed by atoms with van der Waals surface area (Å²) in [5, 5.41) is 0. The van der Waals surface area contributed by atoms with Gasteiger partial charge in [-0.3, -0.25) is 4.79 Å². The summed E-state index contributed by atoms with van der Waals surface area (Å²) in [6, 6.07) is 17.6. The maximum absolute atomic E-state index is 12.5. The molecule has 0 aromatic heterocycles. The van der Waals surface area contributed by atoms with E-state index in [9.17, 15) is 4.79 Å². The Kier molecular flexibility index (Phi) is 5.35. The van der Waals surface area contributed by atoms with Crippen molar-refractivity contribution in [2.45, 2.75) is 6.54 Å². The maximum atomic E-state index is 12.5. The third-order valence-electron chi connectivity index (χ3n) is 2.94. The Hall–Kier alpha value is -1.62. The fourth-order valence-electron chi connectivity index (χ4n) is 1.95. The SMILES string of the molecule is C=CCN(Cc1ccccc1)C(=O)c1ccc(I)cc1. The number of carbonyl (C=O) groups excluding carboxylic acids is 1. The molecule has 2 rings (SSSR count). The first-order valence-electron chi connectivity index (χ1n) is 6.40. The van der Waals surface area contributed by atoms with E-state index >= 15 is 0 Å². The minimum Gasteiger partial charge on any atom is -0.331 e. The molecule has 1 amide bonds. The van der Waals surface area contributed by atoms with E-state index < -0.39 is 0 Å². The summed E-state index contributed by atoms with van der Waals surface area (Å²) in [5.74, 6) is 0.0325. The molecular formula is C17H16INO. The number of halogens is 1. The van der Waals surface area contributed by atoms with Crippen LogP contribution in [0.4, 0.5) is 0 Å². The van der Waals surface area contributed by atoms with Crippen LogP contribution < -0.4 is 0 Å². The van der Waals surface area contributed by atoms with E-state index in [-0.39, 0.29) is 5.91 Å². The van der Waals surface area contributed by atoms with Crippen molar-refractivity contribution in [3.05, 3.63) is 81.9 Å². The second-order valence-electron chi connectivity index (χ2n) is 4.47. The van der Waals surface area contributed by atoms with Crippen LogP contribution in [0.15, 0.2) is 67.3 Å². The third-order valence-corrected chi connectivity index (χ3v) is 3.66. The average molecular weight is 377 g/mol. The predicted molar refractivity (Wildman–Crippen MR) is 90.5 cm³/mol. The van der Waals surface area contributed by atoms with Gasteiger partial charge in [-0.15, -0.1) is 6.58 Å². The van der Waals surface area contributed by atoms with Crippen molar-refractivity contribution in [1.29, 1.82) is 0 Å². The highest BCUT2D eigenvalue weighted by molar-refractivity contribution is 14.1. The smallest absolute Gasteiger partial charge is 0.254 e. The molecule has 2 aromatic rings. The molecule has 2 aromatic carbocycles. The molecule has 0 aliphatic rings. The van der Waals surface area contributed by atoms with Crippen molar-refractivity contribution >= 4 is 28.5 Å². The van der Waals surface area contributed by atoms with Gasteiger partial charge in [0.25, 0.3) is 5.91 Å². The topological polar surface area (TPSA) is 20.3 Å². The summed E-state index contributed by atoms with van der Waals surface area (Å²) in [6.45, 7) is 4.87. The Balaban J connectivity index is 2.17. The zero-order valence-corrected chi connectivity index (χ0v) is 13.3. The molecule has 0 aliphatic carbocycles. The van der Waals surface area contributed by atoms with Gasteiger partial charge in [0.15, 0.2) is 0 Å². The Morgan fingerprint density at radius 1 is 1.10 bits per heavy atom. The van der Waals surface area contributed by atoms with Gasteiger partial charge in [0, 0.05) is 22.2 Å². The van der Waals surface area contributed by atoms with E-state index in [1.807, 2.05) is 54.6 Å². The highest BCUT2D eigenvalue weighted by atomic mass is 127. The first kappa shape index (κ1) is 14.8. The highest BCUT2D eigenvalue weighted by Gasteiger charge is 2.14. The van der Waals surface area contributed by atoms with Crippen molar-refractivity contribution in [2.24, 2.45) is 0 Å². The summed E-state index contributed by atoms with van der Waals surface area (Å²) >= 11 is 2.23. The van der Waals surface area contributed by atoms with Crippen LogP contribution in [-0.2, 0) is 6.54 Å². The number of hydrogen-bond acceptors (Lipinski definition) is 1. The van der Waals surface area contributed by atoms with Crippen LogP contribution in [0.1, 0.15) is 15.9 Å². The molecule has 0 heterocycles. The summed E-state index contributed by atoms with van der Waals surface area (Å²) in [5.41, 5.74) is 1.83. The lowest BCUT2D eigenvalue weighted by atomic mass is 10.1. The molecule has 0 atom stereocenters. The molecule has 0 saturated carbocycles.